The van der Waals surface area contributed by atoms with Gasteiger partial charge in [-0.1, -0.05) is 29.8 Å². The van der Waals surface area contributed by atoms with Crippen LogP contribution < -0.4 is 25.8 Å². The molecule has 6 aromatic rings. The number of hydrogen-bond donors (Lipinski definition) is 3. The Bertz CT molecular complexity index is 2650. The van der Waals surface area contributed by atoms with Crippen LogP contribution in [0.1, 0.15) is 57.7 Å². The summed E-state index contributed by atoms with van der Waals surface area (Å²) in [6.07, 6.45) is 2.72. The lowest BCUT2D eigenvalue weighted by Gasteiger charge is -2.13. The molecule has 0 radical (unpaired) electrons. The maximum Gasteiger partial charge on any atom is 0.228 e. The first-order valence-electron chi connectivity index (χ1n) is 21.0. The Labute approximate surface area is 379 Å². The summed E-state index contributed by atoms with van der Waals surface area (Å²) in [4.78, 5) is 35.7. The zero-order chi connectivity index (χ0) is 44.6. The monoisotopic (exact) mass is 904 g/mol. The van der Waals surface area contributed by atoms with E-state index in [4.69, 9.17) is 46.0 Å². The number of pyridine rings is 1. The number of ether oxygens (including phenoxy) is 5. The fourth-order valence-electron chi connectivity index (χ4n) is 7.42. The molecule has 5 heterocycles. The van der Waals surface area contributed by atoms with Crippen LogP contribution in [0, 0.1) is 20.8 Å². The molecule has 3 aromatic carbocycles. The highest BCUT2D eigenvalue weighted by atomic mass is 35.5. The highest BCUT2D eigenvalue weighted by Gasteiger charge is 2.31. The number of hydrogen-bond acceptors (Lipinski definition) is 13. The predicted molar refractivity (Wildman–Crippen MR) is 247 cm³/mol. The van der Waals surface area contributed by atoms with E-state index in [9.17, 15) is 9.59 Å². The number of carbonyl (C=O) groups is 2. The van der Waals surface area contributed by atoms with Gasteiger partial charge in [-0.25, -0.2) is 4.98 Å². The number of aliphatic imine (C=N–C) groups is 1. The van der Waals surface area contributed by atoms with Crippen molar-refractivity contribution in [3.8, 4) is 27.6 Å². The molecule has 0 unspecified atom stereocenters. The number of amides is 2. The number of fused-ring (bicyclic) bond motifs is 4. The Morgan fingerprint density at radius 3 is 2.28 bits per heavy atom. The molecule has 15 nitrogen and oxygen atoms in total. The molecule has 2 amide bonds. The Kier molecular flexibility index (Phi) is 14.3. The van der Waals surface area contributed by atoms with E-state index in [1.807, 2.05) is 79.7 Å². The van der Waals surface area contributed by atoms with E-state index in [0.717, 1.165) is 55.6 Å². The van der Waals surface area contributed by atoms with Crippen molar-refractivity contribution in [1.29, 1.82) is 0 Å². The van der Waals surface area contributed by atoms with Gasteiger partial charge in [-0.15, -0.1) is 21.5 Å². The number of rotatable bonds is 20. The van der Waals surface area contributed by atoms with Gasteiger partial charge in [0.1, 0.15) is 35.8 Å². The fraction of sp³-hybridized carbons (Fsp3) is 0.319. The Morgan fingerprint density at radius 1 is 0.859 bits per heavy atom. The number of nitrogens with one attached hydrogen (secondary N) is 2. The van der Waals surface area contributed by atoms with Crippen molar-refractivity contribution >= 4 is 57.7 Å². The van der Waals surface area contributed by atoms with E-state index in [2.05, 4.69) is 44.2 Å². The Balaban J connectivity index is 0.703. The zero-order valence-electron chi connectivity index (χ0n) is 35.8. The molecule has 0 saturated carbocycles. The summed E-state index contributed by atoms with van der Waals surface area (Å²) in [7, 11) is 0. The number of halogens is 1. The van der Waals surface area contributed by atoms with Gasteiger partial charge in [-0.2, -0.15) is 0 Å². The maximum atomic E-state index is 13.2. The van der Waals surface area contributed by atoms with E-state index in [-0.39, 0.29) is 18.2 Å². The standard InChI is InChI=1S/C47H49ClN8O7S/c1-28-29(2)64-47-43(28)44(31-4-7-35(48)8-5-31)53-39(46-55-54-30(3)56(46)47)14-15-41(57)51-36-9-11-37(12-10-36)62-22-20-60-18-16-59-17-19-61-21-23-63-40-25-34(27-50-45(40)49)32-6-13-38-33(24-32)26-42(58)52-38/h4-13,24-25,27,39H,14-23,26H2,1-3H3,(H2,49,50)(H,51,57)(H,52,58)/t39-/m0/s1. The Hall–Kier alpha value is -6.17. The average molecular weight is 905 g/mol. The van der Waals surface area contributed by atoms with Crippen LogP contribution in [0.4, 0.5) is 17.2 Å². The van der Waals surface area contributed by atoms with Crippen LogP contribution in [0.25, 0.3) is 16.1 Å². The second kappa shape index (κ2) is 20.6. The number of aryl methyl sites for hydroxylation is 2. The van der Waals surface area contributed by atoms with E-state index >= 15 is 0 Å². The van der Waals surface area contributed by atoms with Crippen molar-refractivity contribution in [2.75, 3.05) is 69.2 Å². The molecular weight excluding hydrogens is 856 g/mol. The highest BCUT2D eigenvalue weighted by molar-refractivity contribution is 7.15. The molecule has 17 heteroatoms. The second-order valence-electron chi connectivity index (χ2n) is 15.3. The minimum atomic E-state index is -0.390. The van der Waals surface area contributed by atoms with Crippen molar-refractivity contribution < 1.29 is 33.3 Å². The maximum absolute atomic E-state index is 13.2. The van der Waals surface area contributed by atoms with Gasteiger partial charge in [0, 0.05) is 50.6 Å². The van der Waals surface area contributed by atoms with Gasteiger partial charge in [0.15, 0.2) is 17.4 Å². The molecule has 2 aliphatic heterocycles. The van der Waals surface area contributed by atoms with Gasteiger partial charge >= 0.3 is 0 Å². The highest BCUT2D eigenvalue weighted by Crippen LogP contribution is 2.40. The number of carbonyl (C=O) groups excluding carboxylic acids is 2. The number of nitrogen functional groups attached to an aromatic ring is 1. The largest absolute Gasteiger partial charge is 0.491 e. The van der Waals surface area contributed by atoms with Gasteiger partial charge < -0.3 is 40.1 Å². The summed E-state index contributed by atoms with van der Waals surface area (Å²) in [5.74, 6) is 2.78. The molecule has 3 aromatic heterocycles. The first-order chi connectivity index (χ1) is 31.1. The second-order valence-corrected chi connectivity index (χ2v) is 16.9. The fourth-order valence-corrected chi connectivity index (χ4v) is 8.76. The SMILES string of the molecule is Cc1sc2c(c1C)C(c1ccc(Cl)cc1)=N[C@@H](CCC(=O)Nc1ccc(OCCOCCOCCOCCOc3cc(-c4ccc5c(c4)CC(=O)N5)cnc3N)cc1)c1nnc(C)n1-2. The van der Waals surface area contributed by atoms with Crippen molar-refractivity contribution in [2.24, 2.45) is 4.99 Å². The van der Waals surface area contributed by atoms with Crippen molar-refractivity contribution in [3.05, 3.63) is 123 Å². The third-order valence-electron chi connectivity index (χ3n) is 10.8. The number of nitrogens with two attached hydrogens (primary N) is 1. The minimum Gasteiger partial charge on any atom is -0.491 e. The van der Waals surface area contributed by atoms with Crippen LogP contribution >= 0.6 is 22.9 Å². The first-order valence-corrected chi connectivity index (χ1v) is 22.2. The minimum absolute atomic E-state index is 0.0102. The molecule has 8 rings (SSSR count). The molecule has 1 atom stereocenters. The summed E-state index contributed by atoms with van der Waals surface area (Å²) in [6, 6.07) is 22.2. The lowest BCUT2D eigenvalue weighted by Crippen LogP contribution is -2.15. The Morgan fingerprint density at radius 2 is 1.55 bits per heavy atom. The van der Waals surface area contributed by atoms with Crippen molar-refractivity contribution in [1.82, 2.24) is 19.7 Å². The molecule has 0 spiro atoms. The van der Waals surface area contributed by atoms with Crippen LogP contribution in [-0.4, -0.2) is 90.1 Å². The molecular formula is C47H49ClN8O7S. The van der Waals surface area contributed by atoms with Gasteiger partial charge in [0.2, 0.25) is 11.8 Å². The molecule has 0 fully saturated rings. The topological polar surface area (TPSA) is 186 Å². The third-order valence-corrected chi connectivity index (χ3v) is 12.3. The summed E-state index contributed by atoms with van der Waals surface area (Å²) < 4.78 is 30.6. The summed E-state index contributed by atoms with van der Waals surface area (Å²) in [6.45, 7) is 9.22. The van der Waals surface area contributed by atoms with Crippen LogP contribution in [-0.2, 0) is 30.2 Å². The average Bonchev–Trinajstić information content (AvgIpc) is 3.93. The van der Waals surface area contributed by atoms with Crippen molar-refractivity contribution in [2.45, 2.75) is 46.1 Å². The van der Waals surface area contributed by atoms with Crippen LogP contribution in [0.2, 0.25) is 5.02 Å². The number of thiophene rings is 1. The van der Waals surface area contributed by atoms with E-state index < -0.39 is 6.04 Å². The smallest absolute Gasteiger partial charge is 0.228 e. The van der Waals surface area contributed by atoms with Gasteiger partial charge in [0.25, 0.3) is 0 Å². The number of benzene rings is 3. The van der Waals surface area contributed by atoms with Crippen LogP contribution in [0.15, 0.2) is 84.0 Å². The first kappa shape index (κ1) is 44.4. The molecule has 0 aliphatic carbocycles. The molecule has 4 N–H and O–H groups in total. The molecule has 332 valence electrons. The van der Waals surface area contributed by atoms with E-state index in [1.165, 1.54) is 4.88 Å². The number of anilines is 3. The predicted octanol–water partition coefficient (Wildman–Crippen LogP) is 7.86. The summed E-state index contributed by atoms with van der Waals surface area (Å²) >= 11 is 7.94. The van der Waals surface area contributed by atoms with Gasteiger partial charge in [0.05, 0.1) is 51.8 Å². The van der Waals surface area contributed by atoms with E-state index in [0.29, 0.717) is 99.5 Å². The quantitative estimate of drug-likeness (QED) is 0.0634. The lowest BCUT2D eigenvalue weighted by molar-refractivity contribution is -0.116. The van der Waals surface area contributed by atoms with Crippen molar-refractivity contribution in [3.63, 3.8) is 0 Å². The van der Waals surface area contributed by atoms with Crippen LogP contribution in [0.3, 0.4) is 0 Å². The molecule has 64 heavy (non-hydrogen) atoms. The molecule has 2 aliphatic rings. The normalized spacial score (nSPS) is 14.0. The van der Waals surface area contributed by atoms with Gasteiger partial charge in [-0.05, 0) is 98.5 Å². The number of aromatic nitrogens is 4. The number of nitrogens with zero attached hydrogens (tertiary/aromatic N) is 5. The van der Waals surface area contributed by atoms with E-state index in [1.54, 1.807) is 17.5 Å². The molecule has 0 bridgehead atoms. The lowest BCUT2D eigenvalue weighted by atomic mass is 9.99. The third kappa shape index (κ3) is 10.6. The van der Waals surface area contributed by atoms with Crippen LogP contribution in [0.5, 0.6) is 11.5 Å². The summed E-state index contributed by atoms with van der Waals surface area (Å²) in [5.41, 5.74) is 14.3. The zero-order valence-corrected chi connectivity index (χ0v) is 37.4. The molecule has 0 saturated heterocycles. The summed E-state index contributed by atoms with van der Waals surface area (Å²) in [5, 5.41) is 16.5. The van der Waals surface area contributed by atoms with Gasteiger partial charge in [-0.3, -0.25) is 19.1 Å².